The number of carboxylic acids is 1. The van der Waals surface area contributed by atoms with Crippen LogP contribution in [0, 0.1) is 16.0 Å². The van der Waals surface area contributed by atoms with Gasteiger partial charge in [-0.05, 0) is 65.6 Å². The number of carbonyl (C=O) groups is 2. The molecular weight excluding hydrogens is 594 g/mol. The molecule has 0 saturated carbocycles. The summed E-state index contributed by atoms with van der Waals surface area (Å²) in [4.78, 5) is 40.7. The van der Waals surface area contributed by atoms with Crippen LogP contribution >= 0.6 is 0 Å². The molecule has 0 radical (unpaired) electrons. The van der Waals surface area contributed by atoms with E-state index in [0.717, 1.165) is 49.2 Å². The third-order valence-electron chi connectivity index (χ3n) is 8.88. The van der Waals surface area contributed by atoms with E-state index in [-0.39, 0.29) is 41.4 Å². The summed E-state index contributed by atoms with van der Waals surface area (Å²) < 4.78 is 1.54. The summed E-state index contributed by atoms with van der Waals surface area (Å²) in [5.74, 6) is -0.755. The number of nitro benzene ring substituents is 1. The fourth-order valence-electron chi connectivity index (χ4n) is 6.19. The van der Waals surface area contributed by atoms with E-state index in [4.69, 9.17) is 0 Å². The molecule has 1 aliphatic heterocycles. The largest absolute Gasteiger partial charge is 0.481 e. The summed E-state index contributed by atoms with van der Waals surface area (Å²) in [6, 6.07) is 25.1. The van der Waals surface area contributed by atoms with E-state index in [1.165, 1.54) is 10.5 Å². The first-order valence-electron chi connectivity index (χ1n) is 16.1. The van der Waals surface area contributed by atoms with Crippen LogP contribution in [-0.2, 0) is 30.2 Å². The van der Waals surface area contributed by atoms with Gasteiger partial charge in [0.2, 0.25) is 0 Å². The van der Waals surface area contributed by atoms with Gasteiger partial charge in [-0.15, -0.1) is 0 Å². The van der Waals surface area contributed by atoms with Gasteiger partial charge in [0, 0.05) is 44.7 Å². The molecular formula is C37H43N5O5. The van der Waals surface area contributed by atoms with E-state index in [9.17, 15) is 24.8 Å². The van der Waals surface area contributed by atoms with E-state index in [1.807, 2.05) is 63.2 Å². The Hall–Kier alpha value is -4.99. The molecule has 246 valence electrons. The minimum absolute atomic E-state index is 0.0244. The highest BCUT2D eigenvalue weighted by Gasteiger charge is 2.27. The summed E-state index contributed by atoms with van der Waals surface area (Å²) in [5, 5.41) is 26.2. The second-order valence-corrected chi connectivity index (χ2v) is 13.4. The number of hydrogen-bond donors (Lipinski definition) is 1. The molecule has 10 nitrogen and oxygen atoms in total. The predicted molar refractivity (Wildman–Crippen MR) is 183 cm³/mol. The number of hydrogen-bond acceptors (Lipinski definition) is 6. The number of benzene rings is 3. The number of nitrogens with zero attached hydrogens (tertiary/aromatic N) is 5. The molecule has 10 heteroatoms. The molecule has 1 saturated heterocycles. The smallest absolute Gasteiger partial charge is 0.305 e. The lowest BCUT2D eigenvalue weighted by atomic mass is 9.90. The topological polar surface area (TPSA) is 122 Å². The number of nitro groups is 1. The average molecular weight is 638 g/mol. The van der Waals surface area contributed by atoms with Gasteiger partial charge < -0.3 is 14.9 Å². The molecule has 0 spiro atoms. The maximum Gasteiger partial charge on any atom is 0.305 e. The monoisotopic (exact) mass is 637 g/mol. The van der Waals surface area contributed by atoms with Crippen molar-refractivity contribution < 1.29 is 19.6 Å². The summed E-state index contributed by atoms with van der Waals surface area (Å²) in [6.45, 7) is 7.78. The Morgan fingerprint density at radius 2 is 1.64 bits per heavy atom. The van der Waals surface area contributed by atoms with Crippen molar-refractivity contribution in [3.8, 4) is 11.1 Å². The molecule has 1 aromatic heterocycles. The number of amides is 1. The molecule has 1 N–H and O–H groups in total. The Morgan fingerprint density at radius 1 is 0.957 bits per heavy atom. The van der Waals surface area contributed by atoms with Gasteiger partial charge in [-0.3, -0.25) is 24.4 Å². The van der Waals surface area contributed by atoms with Crippen molar-refractivity contribution in [3.05, 3.63) is 111 Å². The van der Waals surface area contributed by atoms with E-state index < -0.39 is 5.97 Å². The Bertz CT molecular complexity index is 1740. The van der Waals surface area contributed by atoms with Gasteiger partial charge in [-0.1, -0.05) is 75.4 Å². The first-order valence-corrected chi connectivity index (χ1v) is 16.1. The van der Waals surface area contributed by atoms with Gasteiger partial charge >= 0.3 is 5.97 Å². The van der Waals surface area contributed by atoms with Crippen LogP contribution in [-0.4, -0.2) is 56.2 Å². The molecule has 2 heterocycles. The molecule has 5 rings (SSSR count). The maximum absolute atomic E-state index is 13.7. The lowest BCUT2D eigenvalue weighted by Gasteiger charge is -2.33. The van der Waals surface area contributed by atoms with Crippen LogP contribution < -0.4 is 4.90 Å². The zero-order valence-electron chi connectivity index (χ0n) is 27.6. The second kappa shape index (κ2) is 14.2. The lowest BCUT2D eigenvalue weighted by Crippen LogP contribution is -2.34. The Kier molecular flexibility index (Phi) is 10.1. The van der Waals surface area contributed by atoms with E-state index in [2.05, 4.69) is 34.3 Å². The average Bonchev–Trinajstić information content (AvgIpc) is 3.45. The van der Waals surface area contributed by atoms with Gasteiger partial charge in [0.25, 0.3) is 11.6 Å². The summed E-state index contributed by atoms with van der Waals surface area (Å²) in [6.07, 6.45) is 2.77. The minimum Gasteiger partial charge on any atom is -0.481 e. The SMILES string of the molecule is Cn1nc(C(C)(C)C)cc1C(=O)N(CCC(=O)O)Cc1cccc(-c2ccc(N3CCC(Cc4ccccc4)CC3)c([N+](=O)[O-])c2)c1. The van der Waals surface area contributed by atoms with Crippen molar-refractivity contribution in [1.29, 1.82) is 0 Å². The number of carbonyl (C=O) groups excluding carboxylic acids is 1. The van der Waals surface area contributed by atoms with Crippen LogP contribution in [0.15, 0.2) is 78.9 Å². The highest BCUT2D eigenvalue weighted by atomic mass is 16.6. The number of rotatable bonds is 11. The zero-order valence-corrected chi connectivity index (χ0v) is 27.6. The quantitative estimate of drug-likeness (QED) is 0.141. The molecule has 0 unspecified atom stereocenters. The standard InChI is InChI=1S/C37H43N5O5/c1-37(2,3)34-24-33(39(4)38-34)36(45)41(20-17-35(43)44)25-28-11-8-12-29(22-28)30-13-14-31(32(23-30)42(46)47)40-18-15-27(16-19-40)21-26-9-6-5-7-10-26/h5-14,22-24,27H,15-21,25H2,1-4H3,(H,43,44). The van der Waals surface area contributed by atoms with Gasteiger partial charge in [0.15, 0.2) is 0 Å². The minimum atomic E-state index is -0.996. The first-order chi connectivity index (χ1) is 22.4. The van der Waals surface area contributed by atoms with Crippen LogP contribution in [0.5, 0.6) is 0 Å². The Morgan fingerprint density at radius 3 is 2.28 bits per heavy atom. The molecule has 1 amide bonds. The molecule has 4 aromatic rings. The molecule has 1 fully saturated rings. The van der Waals surface area contributed by atoms with Crippen molar-refractivity contribution in [2.75, 3.05) is 24.5 Å². The van der Waals surface area contributed by atoms with Gasteiger partial charge in [0.1, 0.15) is 11.4 Å². The molecule has 0 atom stereocenters. The van der Waals surface area contributed by atoms with Crippen LogP contribution in [0.1, 0.15) is 67.3 Å². The van der Waals surface area contributed by atoms with Crippen LogP contribution in [0.2, 0.25) is 0 Å². The summed E-state index contributed by atoms with van der Waals surface area (Å²) >= 11 is 0. The fraction of sp³-hybridized carbons (Fsp3) is 0.378. The number of aromatic nitrogens is 2. The van der Waals surface area contributed by atoms with E-state index in [1.54, 1.807) is 23.9 Å². The molecule has 1 aliphatic rings. The Labute approximate surface area is 275 Å². The first kappa shape index (κ1) is 33.4. The Balaban J connectivity index is 1.34. The van der Waals surface area contributed by atoms with Gasteiger partial charge in [-0.25, -0.2) is 0 Å². The number of aryl methyl sites for hydroxylation is 1. The number of piperidine rings is 1. The normalized spacial score (nSPS) is 13.8. The third kappa shape index (κ3) is 8.24. The van der Waals surface area contributed by atoms with Crippen molar-refractivity contribution >= 4 is 23.3 Å². The van der Waals surface area contributed by atoms with Crippen LogP contribution in [0.25, 0.3) is 11.1 Å². The van der Waals surface area contributed by atoms with Crippen molar-refractivity contribution in [1.82, 2.24) is 14.7 Å². The van der Waals surface area contributed by atoms with E-state index >= 15 is 0 Å². The van der Waals surface area contributed by atoms with Crippen LogP contribution in [0.3, 0.4) is 0 Å². The third-order valence-corrected chi connectivity index (χ3v) is 8.88. The lowest BCUT2D eigenvalue weighted by molar-refractivity contribution is -0.384. The van der Waals surface area contributed by atoms with E-state index in [0.29, 0.717) is 22.9 Å². The fourth-order valence-corrected chi connectivity index (χ4v) is 6.19. The predicted octanol–water partition coefficient (Wildman–Crippen LogP) is 6.87. The number of anilines is 1. The molecule has 3 aromatic carbocycles. The zero-order chi connectivity index (χ0) is 33.7. The maximum atomic E-state index is 13.7. The summed E-state index contributed by atoms with van der Waals surface area (Å²) in [7, 11) is 1.71. The van der Waals surface area contributed by atoms with Gasteiger partial charge in [-0.2, -0.15) is 5.10 Å². The number of aliphatic carboxylic acids is 1. The summed E-state index contributed by atoms with van der Waals surface area (Å²) in [5.41, 5.74) is 5.18. The van der Waals surface area contributed by atoms with Gasteiger partial charge in [0.05, 0.1) is 17.0 Å². The number of carboxylic acid groups (broad SMARTS) is 1. The molecule has 0 bridgehead atoms. The van der Waals surface area contributed by atoms with Crippen molar-refractivity contribution in [3.63, 3.8) is 0 Å². The second-order valence-electron chi connectivity index (χ2n) is 13.4. The highest BCUT2D eigenvalue weighted by molar-refractivity contribution is 5.93. The van der Waals surface area contributed by atoms with Crippen molar-refractivity contribution in [2.24, 2.45) is 13.0 Å². The molecule has 0 aliphatic carbocycles. The van der Waals surface area contributed by atoms with Crippen molar-refractivity contribution in [2.45, 2.75) is 58.4 Å². The van der Waals surface area contributed by atoms with Crippen LogP contribution in [0.4, 0.5) is 11.4 Å². The molecule has 47 heavy (non-hydrogen) atoms. The highest BCUT2D eigenvalue weighted by Crippen LogP contribution is 2.36.